The molecule has 2 rings (SSSR count). The number of rotatable bonds is 28. The predicted molar refractivity (Wildman–Crippen MR) is 190 cm³/mol. The van der Waals surface area contributed by atoms with E-state index < -0.39 is 0 Å². The molecule has 0 unspecified atom stereocenters. The van der Waals surface area contributed by atoms with Crippen LogP contribution in [0.1, 0.15) is 148 Å². The average molecular weight is 619 g/mol. The zero-order chi connectivity index (χ0) is 32.2. The highest BCUT2D eigenvalue weighted by molar-refractivity contribution is 5.86. The van der Waals surface area contributed by atoms with Gasteiger partial charge in [0.05, 0.1) is 24.6 Å². The van der Waals surface area contributed by atoms with Crippen LogP contribution in [-0.2, 0) is 16.0 Å². The van der Waals surface area contributed by atoms with Gasteiger partial charge in [-0.05, 0) is 74.6 Å². The van der Waals surface area contributed by atoms with E-state index in [1.54, 1.807) is 6.92 Å². The minimum absolute atomic E-state index is 0.275. The topological polar surface area (TPSA) is 60.2 Å². The first-order valence-electron chi connectivity index (χ1n) is 18.1. The Bertz CT molecular complexity index is 1050. The Morgan fingerprint density at radius 1 is 0.578 bits per heavy atom. The van der Waals surface area contributed by atoms with Crippen molar-refractivity contribution in [1.29, 1.82) is 0 Å². The average Bonchev–Trinajstić information content (AvgIpc) is 3.05. The zero-order valence-corrected chi connectivity index (χ0v) is 28.7. The molecule has 2 aromatic carbocycles. The van der Waals surface area contributed by atoms with Gasteiger partial charge in [-0.25, -0.2) is 4.79 Å². The Labute approximate surface area is 275 Å². The van der Waals surface area contributed by atoms with Gasteiger partial charge in [-0.3, -0.25) is 0 Å². The molecule has 0 radical (unpaired) electrons. The Hall–Kier alpha value is -2.95. The van der Waals surface area contributed by atoms with Crippen molar-refractivity contribution in [3.8, 4) is 5.75 Å². The van der Waals surface area contributed by atoms with E-state index in [1.807, 2.05) is 24.3 Å². The van der Waals surface area contributed by atoms with E-state index in [4.69, 9.17) is 9.47 Å². The molecule has 0 atom stereocenters. The van der Waals surface area contributed by atoms with Gasteiger partial charge in [-0.1, -0.05) is 135 Å². The summed E-state index contributed by atoms with van der Waals surface area (Å²) in [5.74, 6) is 0.613. The molecule has 0 bridgehead atoms. The predicted octanol–water partition coefficient (Wildman–Crippen LogP) is 13.0. The molecule has 250 valence electrons. The Balaban J connectivity index is 1.45. The van der Waals surface area contributed by atoms with Crippen molar-refractivity contribution in [2.75, 3.05) is 13.2 Å². The molecule has 2 aromatic rings. The fraction of sp³-hybridized carbons (Fsp3) is 0.625. The lowest BCUT2D eigenvalue weighted by atomic mass is 10.0. The molecule has 0 aliphatic heterocycles. The standard InChI is InChI=1S/C40H62N2O3/c1-4-5-6-7-8-9-12-15-18-21-24-36-25-27-37(28-26-36)41-42-38-29-31-39(32-30-38)44-33-22-19-16-13-10-11-14-17-20-23-34-45-40(43)35(2)3/h25-32H,2,4-24,33-34H2,1,3H3. The van der Waals surface area contributed by atoms with E-state index >= 15 is 0 Å². The SMILES string of the molecule is C=C(C)C(=O)OCCCCCCCCCCCCOc1ccc(N=Nc2ccc(CCCCCCCCCCCC)cc2)cc1. The number of carbonyl (C=O) groups excluding carboxylic acids is 1. The molecule has 0 spiro atoms. The summed E-state index contributed by atoms with van der Waals surface area (Å²) in [5.41, 5.74) is 3.59. The summed E-state index contributed by atoms with van der Waals surface area (Å²) >= 11 is 0. The zero-order valence-electron chi connectivity index (χ0n) is 28.7. The number of unbranched alkanes of at least 4 members (excludes halogenated alkanes) is 18. The fourth-order valence-corrected chi connectivity index (χ4v) is 5.37. The van der Waals surface area contributed by atoms with Crippen LogP contribution >= 0.6 is 0 Å². The molecule has 0 saturated carbocycles. The van der Waals surface area contributed by atoms with Gasteiger partial charge in [-0.2, -0.15) is 10.2 Å². The van der Waals surface area contributed by atoms with Crippen molar-refractivity contribution >= 4 is 17.3 Å². The van der Waals surface area contributed by atoms with Crippen molar-refractivity contribution in [3.63, 3.8) is 0 Å². The third kappa shape index (κ3) is 20.7. The molecule has 0 amide bonds. The molecule has 45 heavy (non-hydrogen) atoms. The van der Waals surface area contributed by atoms with Crippen LogP contribution in [0.25, 0.3) is 0 Å². The number of carbonyl (C=O) groups is 1. The lowest BCUT2D eigenvalue weighted by Crippen LogP contribution is -2.05. The number of hydrogen-bond donors (Lipinski definition) is 0. The first kappa shape index (κ1) is 38.2. The molecule has 0 saturated heterocycles. The second-order valence-corrected chi connectivity index (χ2v) is 12.6. The number of hydrogen-bond acceptors (Lipinski definition) is 5. The van der Waals surface area contributed by atoms with E-state index in [2.05, 4.69) is 48.0 Å². The Morgan fingerprint density at radius 2 is 1.00 bits per heavy atom. The minimum atomic E-state index is -0.275. The largest absolute Gasteiger partial charge is 0.494 e. The molecule has 0 fully saturated rings. The number of azo groups is 1. The van der Waals surface area contributed by atoms with Gasteiger partial charge in [0.1, 0.15) is 5.75 Å². The van der Waals surface area contributed by atoms with Crippen molar-refractivity contribution < 1.29 is 14.3 Å². The molecule has 0 aliphatic carbocycles. The summed E-state index contributed by atoms with van der Waals surface area (Å²) in [4.78, 5) is 11.3. The van der Waals surface area contributed by atoms with E-state index in [1.165, 1.54) is 115 Å². The number of aryl methyl sites for hydroxylation is 1. The summed E-state index contributed by atoms with van der Waals surface area (Å²) in [5, 5.41) is 8.82. The van der Waals surface area contributed by atoms with E-state index in [0.717, 1.165) is 49.4 Å². The van der Waals surface area contributed by atoms with Gasteiger partial charge in [0, 0.05) is 5.57 Å². The summed E-state index contributed by atoms with van der Waals surface area (Å²) in [6.45, 7) is 8.82. The highest BCUT2D eigenvalue weighted by Crippen LogP contribution is 2.22. The second kappa shape index (κ2) is 26.3. The van der Waals surface area contributed by atoms with Crippen molar-refractivity contribution in [2.24, 2.45) is 10.2 Å². The summed E-state index contributed by atoms with van der Waals surface area (Å²) in [7, 11) is 0. The summed E-state index contributed by atoms with van der Waals surface area (Å²) in [6, 6.07) is 16.4. The van der Waals surface area contributed by atoms with Crippen LogP contribution in [0.2, 0.25) is 0 Å². The van der Waals surface area contributed by atoms with E-state index in [-0.39, 0.29) is 5.97 Å². The van der Waals surface area contributed by atoms with Crippen molar-refractivity contribution in [2.45, 2.75) is 149 Å². The lowest BCUT2D eigenvalue weighted by molar-refractivity contribution is -0.139. The first-order valence-corrected chi connectivity index (χ1v) is 18.1. The summed E-state index contributed by atoms with van der Waals surface area (Å²) in [6.07, 6.45) is 26.9. The molecule has 5 heteroatoms. The molecule has 0 heterocycles. The van der Waals surface area contributed by atoms with Crippen LogP contribution in [0, 0.1) is 0 Å². The minimum Gasteiger partial charge on any atom is -0.494 e. The highest BCUT2D eigenvalue weighted by Gasteiger charge is 2.02. The lowest BCUT2D eigenvalue weighted by Gasteiger charge is -2.06. The van der Waals surface area contributed by atoms with Gasteiger partial charge in [0.2, 0.25) is 0 Å². The van der Waals surface area contributed by atoms with Crippen LogP contribution < -0.4 is 4.74 Å². The third-order valence-corrected chi connectivity index (χ3v) is 8.26. The van der Waals surface area contributed by atoms with Gasteiger partial charge < -0.3 is 9.47 Å². The summed E-state index contributed by atoms with van der Waals surface area (Å²) < 4.78 is 11.0. The molecule has 5 nitrogen and oxygen atoms in total. The number of benzene rings is 2. The van der Waals surface area contributed by atoms with Crippen LogP contribution in [0.5, 0.6) is 5.75 Å². The maximum absolute atomic E-state index is 11.3. The fourth-order valence-electron chi connectivity index (χ4n) is 5.37. The number of nitrogens with zero attached hydrogens (tertiary/aromatic N) is 2. The normalized spacial score (nSPS) is 11.2. The van der Waals surface area contributed by atoms with Crippen LogP contribution in [0.15, 0.2) is 70.9 Å². The Kier molecular flexibility index (Phi) is 22.3. The molecule has 0 aromatic heterocycles. The first-order chi connectivity index (χ1) is 22.1. The Morgan fingerprint density at radius 3 is 1.49 bits per heavy atom. The van der Waals surface area contributed by atoms with Gasteiger partial charge >= 0.3 is 5.97 Å². The van der Waals surface area contributed by atoms with Gasteiger partial charge in [-0.15, -0.1) is 0 Å². The molecular formula is C40H62N2O3. The maximum atomic E-state index is 11.3. The molecule has 0 aliphatic rings. The highest BCUT2D eigenvalue weighted by atomic mass is 16.5. The second-order valence-electron chi connectivity index (χ2n) is 12.6. The molecule has 0 N–H and O–H groups in total. The smallest absolute Gasteiger partial charge is 0.333 e. The van der Waals surface area contributed by atoms with Crippen molar-refractivity contribution in [1.82, 2.24) is 0 Å². The number of esters is 1. The monoisotopic (exact) mass is 618 g/mol. The molecular weight excluding hydrogens is 556 g/mol. The van der Waals surface area contributed by atoms with Gasteiger partial charge in [0.15, 0.2) is 0 Å². The maximum Gasteiger partial charge on any atom is 0.333 e. The van der Waals surface area contributed by atoms with Crippen LogP contribution in [0.4, 0.5) is 11.4 Å². The quantitative estimate of drug-likeness (QED) is 0.0412. The van der Waals surface area contributed by atoms with Crippen LogP contribution in [-0.4, -0.2) is 19.2 Å². The van der Waals surface area contributed by atoms with E-state index in [0.29, 0.717) is 12.2 Å². The van der Waals surface area contributed by atoms with Crippen LogP contribution in [0.3, 0.4) is 0 Å². The third-order valence-electron chi connectivity index (χ3n) is 8.26. The van der Waals surface area contributed by atoms with E-state index in [9.17, 15) is 4.79 Å². The van der Waals surface area contributed by atoms with Gasteiger partial charge in [0.25, 0.3) is 0 Å². The van der Waals surface area contributed by atoms with Crippen molar-refractivity contribution in [3.05, 3.63) is 66.2 Å². The number of ether oxygens (including phenoxy) is 2.